The van der Waals surface area contributed by atoms with E-state index in [1.54, 1.807) is 38.3 Å². The molecule has 8 aromatic heterocycles. The van der Waals surface area contributed by atoms with Crippen molar-refractivity contribution in [2.24, 2.45) is 0 Å². The van der Waals surface area contributed by atoms with E-state index in [0.29, 0.717) is 110 Å². The molecule has 12 aromatic rings. The van der Waals surface area contributed by atoms with Crippen molar-refractivity contribution >= 4 is 129 Å². The molecule has 12 rings (SSSR count). The van der Waals surface area contributed by atoms with Gasteiger partial charge in [0.1, 0.15) is 48.5 Å². The molecule has 4 aromatic carbocycles. The van der Waals surface area contributed by atoms with E-state index in [0.717, 1.165) is 75.5 Å². The Morgan fingerprint density at radius 3 is 0.858 bits per heavy atom. The van der Waals surface area contributed by atoms with Crippen LogP contribution in [-0.2, 0) is 89.5 Å². The summed E-state index contributed by atoms with van der Waals surface area (Å²) >= 11 is 15.2. The molecular formula is C76H102K2N25O12PS3V. The van der Waals surface area contributed by atoms with E-state index >= 15 is 0 Å². The fourth-order valence-electron chi connectivity index (χ4n) is 11.0. The number of ether oxygens (including phenoxy) is 8. The van der Waals surface area contributed by atoms with E-state index < -0.39 is 0 Å². The maximum Gasteiger partial charge on any atom is 1.00 e. The predicted octanol–water partition coefficient (Wildman–Crippen LogP) is 1.32. The molecule has 120 heavy (non-hydrogen) atoms. The smallest absolute Gasteiger partial charge is 0.693 e. The van der Waals surface area contributed by atoms with E-state index in [2.05, 4.69) is 82.3 Å². The van der Waals surface area contributed by atoms with E-state index in [1.165, 1.54) is 29.4 Å². The third-order valence-corrected chi connectivity index (χ3v) is 18.1. The summed E-state index contributed by atoms with van der Waals surface area (Å²) in [5.74, 6) is 0.777. The zero-order valence-corrected chi connectivity index (χ0v) is 78.0. The standard InChI is InChI=1S/2C19H24N6O3S.C18H22N7O3.C18H22N6O3S.2CH4.2K.H3P.V/c2*1-21-14(29)8-7-12-3-5-13(6-4-12)11-25-17-15(22-19(25)26)16(20)23-18(24-17)28-10-9-27-2;1-11(19)21-9-12-3-5-13(6-4-12)10-25-16-14(22-18(25)26)15(20)23-17(24-16)28-8-7-27-2;1-26-8-9-27-17-22-15(20)14-16(23-17)24(18(25)21-14)10-12-4-2-11(3-5-12)6-7-13(19)28;;;;;;/h2*3-6H,7-11H2,1-2H3,(H,21,29)(H,22,26)(H2,20,23,24);3-6,19,21H,1,7-10H2,2H3,(H,22,26)(H2,20,23,24);2-5H,6-10H2,1H3,(H5,19,20,21,22,23,25,28);2*1H4;;;1H3;/q;;-1;;;;2*+1;;/p-1/i;;;;;;;;1T;. The van der Waals surface area contributed by atoms with Gasteiger partial charge in [-0.2, -0.15) is 49.7 Å². The Labute approximate surface area is 810 Å². The Balaban J connectivity index is 0.000000408. The van der Waals surface area contributed by atoms with Crippen molar-refractivity contribution in [1.29, 1.82) is 1.28 Å². The number of hydrogen-bond donors (Lipinski definition) is 11. The molecule has 0 amide bonds. The van der Waals surface area contributed by atoms with Crippen LogP contribution < -0.4 is 183 Å². The van der Waals surface area contributed by atoms with E-state index in [9.17, 15) is 19.2 Å². The van der Waals surface area contributed by atoms with E-state index in [4.69, 9.17) is 110 Å². The molecule has 0 aliphatic carbocycles. The van der Waals surface area contributed by atoms with Crippen LogP contribution >= 0.6 is 46.5 Å². The number of H-pyrrole nitrogens is 4. The normalized spacial score (nSPS) is 10.5. The number of nitrogens with two attached hydrogens (primary N) is 4. The fraction of sp³-hybridized carbons (Fsp3) is 0.355. The monoisotopic (exact) mass is 1810 g/mol. The maximum atomic E-state index is 12.4. The van der Waals surface area contributed by atoms with Crippen LogP contribution in [-0.4, -0.2) is 190 Å². The second-order valence-corrected chi connectivity index (χ2v) is 26.6. The van der Waals surface area contributed by atoms with Gasteiger partial charge in [0.2, 0.25) is 0 Å². The van der Waals surface area contributed by atoms with Gasteiger partial charge in [-0.25, -0.2) is 19.2 Å². The van der Waals surface area contributed by atoms with Gasteiger partial charge in [-0.05, 0) is 76.7 Å². The molecule has 44 heteroatoms. The number of nitrogen functional groups attached to an aromatic ring is 4. The Bertz CT molecular complexity index is 5190. The summed E-state index contributed by atoms with van der Waals surface area (Å²) in [5.41, 5.74) is 48.5. The number of fused-ring (bicyclic) bond motifs is 4. The first-order valence-corrected chi connectivity index (χ1v) is 36.8. The summed E-state index contributed by atoms with van der Waals surface area (Å²) in [5, 5.41) is 8.80. The minimum atomic E-state index is -0.332. The van der Waals surface area contributed by atoms with Gasteiger partial charge < -0.3 is 108 Å². The van der Waals surface area contributed by atoms with Gasteiger partial charge >= 0.3 is 150 Å². The van der Waals surface area contributed by atoms with Gasteiger partial charge in [0.15, 0.2) is 45.9 Å². The zero-order valence-electron chi connectivity index (χ0n) is 67.7. The van der Waals surface area contributed by atoms with Crippen molar-refractivity contribution in [2.75, 3.05) is 118 Å². The zero-order chi connectivity index (χ0) is 83.8. The molecule has 8 heterocycles. The molecule has 0 fully saturated rings. The largest absolute Gasteiger partial charge is 1.00 e. The SMILES string of the molecule is C.C.C=C([NH-])NCc1ccc(Cn2c(=O)[nH]c3c(N)nc(OCCOC)nc32)cc1.CNC(=S)CCc1ccc(Cn2c(=O)[nH]c3c(N)nc(OCCOC)nc32)cc1.CNC(=S)CCc1ccc(Cn2c(=O)[nH]c3c(N)nc(OCCOC)nc32)cc1.COCCOc1nc(N)c2[nH]c(=O)n(Cc3ccc(CCC([NH-])=S)cc3)c2n1.[3H]P.[K+].[K+].[V]. The number of benzene rings is 4. The van der Waals surface area contributed by atoms with Crippen LogP contribution in [0.15, 0.2) is 129 Å². The van der Waals surface area contributed by atoms with Gasteiger partial charge in [0.05, 0.1) is 63.9 Å². The van der Waals surface area contributed by atoms with Crippen LogP contribution in [0.2, 0.25) is 0 Å². The van der Waals surface area contributed by atoms with E-state index in [1.807, 2.05) is 111 Å². The molecule has 0 saturated heterocycles. The van der Waals surface area contributed by atoms with Crippen molar-refractivity contribution in [3.8, 4) is 24.0 Å². The van der Waals surface area contributed by atoms with Crippen molar-refractivity contribution < 1.29 is 159 Å². The van der Waals surface area contributed by atoms with Crippen LogP contribution in [0.3, 0.4) is 0 Å². The summed E-state index contributed by atoms with van der Waals surface area (Å²) in [6, 6.07) is 32.0. The van der Waals surface area contributed by atoms with Crippen LogP contribution in [0.4, 0.5) is 23.3 Å². The summed E-state index contributed by atoms with van der Waals surface area (Å²) in [4.78, 5) is 96.0. The molecule has 0 bridgehead atoms. The van der Waals surface area contributed by atoms with Crippen molar-refractivity contribution in [1.82, 2.24) is 94.0 Å². The van der Waals surface area contributed by atoms with Gasteiger partial charge in [-0.15, -0.1) is 18.8 Å². The number of aromatic nitrogens is 16. The van der Waals surface area contributed by atoms with Crippen LogP contribution in [0.1, 0.15) is 78.6 Å². The van der Waals surface area contributed by atoms with Gasteiger partial charge in [-0.3, -0.25) is 18.3 Å². The summed E-state index contributed by atoms with van der Waals surface area (Å²) < 4.78 is 53.2. The molecule has 37 nitrogen and oxygen atoms in total. The third-order valence-electron chi connectivity index (χ3n) is 17.0. The van der Waals surface area contributed by atoms with Crippen LogP contribution in [0.5, 0.6) is 24.0 Å². The number of nitrogens with one attached hydrogen (secondary N) is 9. The summed E-state index contributed by atoms with van der Waals surface area (Å²) in [6.45, 7) is 8.02. The Morgan fingerprint density at radius 1 is 0.417 bits per heavy atom. The molecule has 1 atom stereocenters. The summed E-state index contributed by atoms with van der Waals surface area (Å²) in [7, 11) is 11.6. The van der Waals surface area contributed by atoms with Gasteiger partial charge in [-0.1, -0.05) is 147 Å². The Morgan fingerprint density at radius 2 is 0.642 bits per heavy atom. The topological polar surface area (TPSA) is 516 Å². The number of nitrogens with zero attached hydrogens (tertiary/aromatic N) is 12. The second-order valence-electron chi connectivity index (χ2n) is 25.2. The quantitative estimate of drug-likeness (QED) is 0.0114. The summed E-state index contributed by atoms with van der Waals surface area (Å²) in [6.07, 6.45) is 4.60. The molecule has 1 unspecified atom stereocenters. The second kappa shape index (κ2) is 53.7. The van der Waals surface area contributed by atoms with Gasteiger partial charge in [0.25, 0.3) is 0 Å². The average Bonchev–Trinajstić information content (AvgIpc) is 1.66. The van der Waals surface area contributed by atoms with Crippen molar-refractivity contribution in [2.45, 2.75) is 86.1 Å². The Hall–Kier alpha value is -8.18. The molecular weight excluding hydrogens is 1710 g/mol. The molecule has 0 saturated carbocycles. The van der Waals surface area contributed by atoms with Crippen LogP contribution in [0.25, 0.3) is 56.1 Å². The fourth-order valence-corrected chi connectivity index (χ4v) is 11.3. The number of imidazole rings is 4. The van der Waals surface area contributed by atoms with Crippen molar-refractivity contribution in [3.63, 3.8) is 0 Å². The number of hydrogen-bond acceptors (Lipinski definition) is 28. The molecule has 0 aliphatic heterocycles. The number of methoxy groups -OCH3 is 4. The maximum absolute atomic E-state index is 12.4. The number of aryl methyl sites for hydroxylation is 3. The number of anilines is 4. The number of thiocarbonyl (C=S) groups is 3. The predicted molar refractivity (Wildman–Crippen MR) is 472 cm³/mol. The first kappa shape index (κ1) is 104. The Kier molecular flexibility index (Phi) is 46.6. The third kappa shape index (κ3) is 31.3. The molecule has 0 spiro atoms. The average molecular weight is 1820 g/mol. The van der Waals surface area contributed by atoms with Crippen LogP contribution in [0, 0.1) is 0 Å². The first-order chi connectivity index (χ1) is 56.0. The molecule has 17 N–H and O–H groups in total. The van der Waals surface area contributed by atoms with Gasteiger partial charge in [0, 0.05) is 73.9 Å². The minimum absolute atomic E-state index is 0. The van der Waals surface area contributed by atoms with Crippen molar-refractivity contribution in [3.05, 3.63) is 207 Å². The molecule has 633 valence electrons. The van der Waals surface area contributed by atoms with E-state index in [-0.39, 0.29) is 243 Å². The minimum Gasteiger partial charge on any atom is -0.693 e. The molecule has 0 aliphatic rings. The molecule has 1 radical (unpaired) electrons. The first-order valence-electron chi connectivity index (χ1n) is 36.2. The number of rotatable bonds is 36. The number of aromatic amines is 4.